The van der Waals surface area contributed by atoms with Gasteiger partial charge in [0.2, 0.25) is 0 Å². The van der Waals surface area contributed by atoms with E-state index in [1.807, 2.05) is 0 Å². The number of hydrogen-bond acceptors (Lipinski definition) is 0. The van der Waals surface area contributed by atoms with E-state index in [0.29, 0.717) is 0 Å². The van der Waals surface area contributed by atoms with Crippen molar-refractivity contribution in [1.29, 1.82) is 0 Å². The zero-order valence-corrected chi connectivity index (χ0v) is 16.9. The van der Waals surface area contributed by atoms with Crippen molar-refractivity contribution in [2.24, 2.45) is 5.92 Å². The smallest absolute Gasteiger partial charge is 0.00434 e. The van der Waals surface area contributed by atoms with Crippen molar-refractivity contribution >= 4 is 31.6 Å². The van der Waals surface area contributed by atoms with Crippen LogP contribution in [0.2, 0.25) is 0 Å². The Bertz CT molecular complexity index is 1110. The highest BCUT2D eigenvalue weighted by molar-refractivity contribution is 8.33. The van der Waals surface area contributed by atoms with Crippen molar-refractivity contribution in [1.82, 2.24) is 0 Å². The predicted octanol–water partition coefficient (Wildman–Crippen LogP) is 7.05. The highest BCUT2D eigenvalue weighted by atomic mass is 32.3. The summed E-state index contributed by atoms with van der Waals surface area (Å²) in [6.07, 6.45) is 7.59. The van der Waals surface area contributed by atoms with Gasteiger partial charge in [-0.15, -0.1) is 0 Å². The topological polar surface area (TPSA) is 0 Å². The molecule has 2 atom stereocenters. The third-order valence-corrected chi connectivity index (χ3v) is 9.88. The van der Waals surface area contributed by atoms with Crippen molar-refractivity contribution < 1.29 is 0 Å². The molecule has 27 heavy (non-hydrogen) atoms. The molecule has 1 aliphatic rings. The molecule has 0 saturated heterocycles. The van der Waals surface area contributed by atoms with Gasteiger partial charge in [0.1, 0.15) is 0 Å². The van der Waals surface area contributed by atoms with Gasteiger partial charge in [0.05, 0.1) is 0 Å². The molecule has 0 nitrogen and oxygen atoms in total. The summed E-state index contributed by atoms with van der Waals surface area (Å²) in [5, 5.41) is 6.44. The lowest BCUT2D eigenvalue weighted by atomic mass is 9.94. The van der Waals surface area contributed by atoms with Crippen molar-refractivity contribution in [3.05, 3.63) is 90.5 Å². The standard InChI is InChI=1S/C26H26S/c1-27(2,22-11-4-3-5-12-22)26-18-21(26)17-20-16-19-10-6-7-13-23(19)25-15-9-8-14-24(20)25/h3-16,21,26H,17-18H2,1-2H3/t21-,26-/m0/s1. The molecule has 0 aliphatic heterocycles. The fourth-order valence-electron chi connectivity index (χ4n) is 4.69. The van der Waals surface area contributed by atoms with Gasteiger partial charge in [-0.3, -0.25) is 0 Å². The van der Waals surface area contributed by atoms with Gasteiger partial charge in [0.25, 0.3) is 0 Å². The molecule has 0 amide bonds. The summed E-state index contributed by atoms with van der Waals surface area (Å²) >= 11 is 0. The van der Waals surface area contributed by atoms with E-state index < -0.39 is 10.0 Å². The maximum absolute atomic E-state index is 2.51. The van der Waals surface area contributed by atoms with Crippen LogP contribution in [-0.4, -0.2) is 17.8 Å². The first-order valence-electron chi connectivity index (χ1n) is 9.81. The van der Waals surface area contributed by atoms with Crippen LogP contribution in [0, 0.1) is 5.92 Å². The Balaban J connectivity index is 1.49. The first-order chi connectivity index (χ1) is 13.1. The Morgan fingerprint density at radius 2 is 1.37 bits per heavy atom. The quantitative estimate of drug-likeness (QED) is 0.338. The average molecular weight is 371 g/mol. The summed E-state index contributed by atoms with van der Waals surface area (Å²) in [4.78, 5) is 1.56. The van der Waals surface area contributed by atoms with Crippen LogP contribution in [0.5, 0.6) is 0 Å². The molecule has 0 unspecified atom stereocenters. The second kappa shape index (κ2) is 6.42. The van der Waals surface area contributed by atoms with Gasteiger partial charge >= 0.3 is 0 Å². The molecule has 1 heteroatoms. The molecule has 5 rings (SSSR count). The van der Waals surface area contributed by atoms with E-state index in [-0.39, 0.29) is 0 Å². The molecule has 0 radical (unpaired) electrons. The number of fused-ring (bicyclic) bond motifs is 3. The van der Waals surface area contributed by atoms with Gasteiger partial charge in [-0.1, -0.05) is 84.9 Å². The van der Waals surface area contributed by atoms with Crippen LogP contribution in [0.4, 0.5) is 0 Å². The highest BCUT2D eigenvalue weighted by Gasteiger charge is 2.45. The molecule has 1 saturated carbocycles. The monoisotopic (exact) mass is 370 g/mol. The van der Waals surface area contributed by atoms with Crippen LogP contribution < -0.4 is 0 Å². The summed E-state index contributed by atoms with van der Waals surface area (Å²) in [7, 11) is -0.731. The Hall–Kier alpha value is -2.25. The van der Waals surface area contributed by atoms with Gasteiger partial charge in [-0.25, -0.2) is 10.0 Å². The van der Waals surface area contributed by atoms with E-state index in [0.717, 1.165) is 11.2 Å². The molecular formula is C26H26S. The lowest BCUT2D eigenvalue weighted by Crippen LogP contribution is -2.06. The van der Waals surface area contributed by atoms with Crippen LogP contribution in [0.25, 0.3) is 21.5 Å². The first-order valence-corrected chi connectivity index (χ1v) is 12.3. The molecule has 1 aliphatic carbocycles. The highest BCUT2D eigenvalue weighted by Crippen LogP contribution is 2.65. The fourth-order valence-corrected chi connectivity index (χ4v) is 7.68. The van der Waals surface area contributed by atoms with Crippen LogP contribution >= 0.6 is 10.0 Å². The van der Waals surface area contributed by atoms with Gasteiger partial charge < -0.3 is 0 Å². The van der Waals surface area contributed by atoms with Gasteiger partial charge in [0, 0.05) is 0 Å². The molecular weight excluding hydrogens is 344 g/mol. The molecule has 0 heterocycles. The predicted molar refractivity (Wildman–Crippen MR) is 121 cm³/mol. The SMILES string of the molecule is CS(C)(c1ccccc1)[C@H]1C[C@@H]1Cc1cc2ccccc2c2ccccc12. The van der Waals surface area contributed by atoms with E-state index in [4.69, 9.17) is 0 Å². The van der Waals surface area contributed by atoms with E-state index >= 15 is 0 Å². The summed E-state index contributed by atoms with van der Waals surface area (Å²) in [5.41, 5.74) is 1.53. The largest absolute Gasteiger partial charge is 0.217 e. The summed E-state index contributed by atoms with van der Waals surface area (Å²) < 4.78 is 0. The Morgan fingerprint density at radius 3 is 2.15 bits per heavy atom. The van der Waals surface area contributed by atoms with E-state index in [2.05, 4.69) is 97.4 Å². The Kier molecular flexibility index (Phi) is 4.02. The molecule has 4 aromatic rings. The van der Waals surface area contributed by atoms with Crippen molar-refractivity contribution in [2.45, 2.75) is 23.0 Å². The van der Waals surface area contributed by atoms with Crippen LogP contribution in [0.15, 0.2) is 89.8 Å². The number of hydrogen-bond donors (Lipinski definition) is 0. The fraction of sp³-hybridized carbons (Fsp3) is 0.231. The van der Waals surface area contributed by atoms with Crippen molar-refractivity contribution in [3.63, 3.8) is 0 Å². The molecule has 4 aromatic carbocycles. The Labute approximate surface area is 163 Å². The van der Waals surface area contributed by atoms with Crippen LogP contribution in [0.1, 0.15) is 12.0 Å². The van der Waals surface area contributed by atoms with E-state index in [1.165, 1.54) is 39.9 Å². The van der Waals surface area contributed by atoms with Gasteiger partial charge in [0.15, 0.2) is 0 Å². The lowest BCUT2D eigenvalue weighted by molar-refractivity contribution is 0.841. The van der Waals surface area contributed by atoms with E-state index in [9.17, 15) is 0 Å². The van der Waals surface area contributed by atoms with Crippen molar-refractivity contribution in [2.75, 3.05) is 12.5 Å². The average Bonchev–Trinajstić information content (AvgIpc) is 3.49. The van der Waals surface area contributed by atoms with Gasteiger partial charge in [-0.2, -0.15) is 0 Å². The maximum Gasteiger partial charge on any atom is -0.00434 e. The van der Waals surface area contributed by atoms with E-state index in [1.54, 1.807) is 4.90 Å². The second-order valence-corrected chi connectivity index (χ2v) is 12.1. The maximum atomic E-state index is 2.51. The molecule has 0 spiro atoms. The Morgan fingerprint density at radius 1 is 0.741 bits per heavy atom. The van der Waals surface area contributed by atoms with Crippen molar-refractivity contribution in [3.8, 4) is 0 Å². The summed E-state index contributed by atoms with van der Waals surface area (Å²) in [5.74, 6) is 0.819. The zero-order valence-electron chi connectivity index (χ0n) is 16.1. The van der Waals surface area contributed by atoms with Crippen LogP contribution in [0.3, 0.4) is 0 Å². The molecule has 0 aromatic heterocycles. The normalized spacial score (nSPS) is 20.1. The number of benzene rings is 4. The molecule has 0 N–H and O–H groups in total. The lowest BCUT2D eigenvalue weighted by Gasteiger charge is -2.32. The minimum absolute atomic E-state index is 0.731. The summed E-state index contributed by atoms with van der Waals surface area (Å²) in [6.45, 7) is 0. The summed E-state index contributed by atoms with van der Waals surface area (Å²) in [6, 6.07) is 31.4. The minimum atomic E-state index is -0.731. The second-order valence-electron chi connectivity index (χ2n) is 8.26. The van der Waals surface area contributed by atoms with Crippen LogP contribution in [-0.2, 0) is 6.42 Å². The van der Waals surface area contributed by atoms with Gasteiger partial charge in [-0.05, 0) is 68.5 Å². The molecule has 1 fully saturated rings. The minimum Gasteiger partial charge on any atom is -0.217 e. The molecule has 0 bridgehead atoms. The zero-order chi connectivity index (χ0) is 18.4. The molecule has 136 valence electrons. The first kappa shape index (κ1) is 16.9. The third kappa shape index (κ3) is 2.95. The number of rotatable bonds is 4. The third-order valence-electron chi connectivity index (χ3n) is 6.30.